The molecule has 1 aromatic rings. The SMILES string of the molecule is CCC=C/C=C/C=C(C)\C(C)=C/c1ccc(C)c(C)c1. The first-order chi connectivity index (χ1) is 9.54. The molecule has 0 aliphatic heterocycles. The first-order valence-electron chi connectivity index (χ1n) is 7.30. The Balaban J connectivity index is 2.81. The first-order valence-corrected chi connectivity index (χ1v) is 7.30. The van der Waals surface area contributed by atoms with Gasteiger partial charge in [-0.2, -0.15) is 0 Å². The Morgan fingerprint density at radius 3 is 2.35 bits per heavy atom. The van der Waals surface area contributed by atoms with Gasteiger partial charge in [-0.3, -0.25) is 0 Å². The van der Waals surface area contributed by atoms with Crippen molar-refractivity contribution < 1.29 is 0 Å². The molecule has 0 radical (unpaired) electrons. The molecule has 0 atom stereocenters. The van der Waals surface area contributed by atoms with E-state index in [0.29, 0.717) is 0 Å². The molecule has 1 rings (SSSR count). The number of allylic oxidation sites excluding steroid dienone is 7. The summed E-state index contributed by atoms with van der Waals surface area (Å²) in [6, 6.07) is 6.60. The van der Waals surface area contributed by atoms with Gasteiger partial charge in [-0.15, -0.1) is 0 Å². The first kappa shape index (κ1) is 16.2. The van der Waals surface area contributed by atoms with E-state index in [1.807, 2.05) is 0 Å². The number of hydrogen-bond donors (Lipinski definition) is 0. The molecule has 0 bridgehead atoms. The zero-order valence-corrected chi connectivity index (χ0v) is 13.4. The maximum Gasteiger partial charge on any atom is -0.0251 e. The fourth-order valence-corrected chi connectivity index (χ4v) is 1.83. The maximum atomic E-state index is 2.24. The highest BCUT2D eigenvalue weighted by Gasteiger charge is 1.96. The van der Waals surface area contributed by atoms with Crippen LogP contribution < -0.4 is 0 Å². The van der Waals surface area contributed by atoms with E-state index in [-0.39, 0.29) is 0 Å². The van der Waals surface area contributed by atoms with E-state index in [1.54, 1.807) is 0 Å². The zero-order valence-electron chi connectivity index (χ0n) is 13.4. The van der Waals surface area contributed by atoms with Crippen LogP contribution in [0.4, 0.5) is 0 Å². The van der Waals surface area contributed by atoms with Crippen molar-refractivity contribution in [3.8, 4) is 0 Å². The Labute approximate surface area is 124 Å². The second-order valence-electron chi connectivity index (χ2n) is 5.24. The molecule has 106 valence electrons. The van der Waals surface area contributed by atoms with Gasteiger partial charge in [-0.1, -0.05) is 61.6 Å². The Morgan fingerprint density at radius 2 is 1.70 bits per heavy atom. The van der Waals surface area contributed by atoms with Gasteiger partial charge in [0, 0.05) is 0 Å². The van der Waals surface area contributed by atoms with Crippen molar-refractivity contribution >= 4 is 6.08 Å². The fourth-order valence-electron chi connectivity index (χ4n) is 1.83. The van der Waals surface area contributed by atoms with Crippen LogP contribution in [0.15, 0.2) is 59.7 Å². The molecule has 0 aliphatic rings. The standard InChI is InChI=1S/C20H26/c1-6-7-8-9-10-11-16(2)18(4)14-20-13-12-17(3)19(5)15-20/h7-15H,6H2,1-5H3/b8-7?,10-9+,16-11-,18-14-. The van der Waals surface area contributed by atoms with Gasteiger partial charge in [0.05, 0.1) is 0 Å². The van der Waals surface area contributed by atoms with Crippen LogP contribution in [0.1, 0.15) is 43.9 Å². The molecule has 0 spiro atoms. The third-order valence-electron chi connectivity index (χ3n) is 3.48. The van der Waals surface area contributed by atoms with Crippen LogP contribution in [0.2, 0.25) is 0 Å². The topological polar surface area (TPSA) is 0 Å². The van der Waals surface area contributed by atoms with Crippen molar-refractivity contribution in [2.24, 2.45) is 0 Å². The molecule has 0 heteroatoms. The van der Waals surface area contributed by atoms with Gasteiger partial charge in [0.25, 0.3) is 0 Å². The minimum atomic E-state index is 1.08. The van der Waals surface area contributed by atoms with Crippen molar-refractivity contribution in [1.29, 1.82) is 0 Å². The number of rotatable bonds is 5. The number of aryl methyl sites for hydroxylation is 2. The molecule has 0 heterocycles. The summed E-state index contributed by atoms with van der Waals surface area (Å²) in [4.78, 5) is 0. The van der Waals surface area contributed by atoms with E-state index in [2.05, 4.69) is 89.3 Å². The number of benzene rings is 1. The van der Waals surface area contributed by atoms with E-state index in [0.717, 1.165) is 6.42 Å². The second-order valence-corrected chi connectivity index (χ2v) is 5.24. The largest absolute Gasteiger partial charge is 0.0848 e. The minimum Gasteiger partial charge on any atom is -0.0848 e. The quantitative estimate of drug-likeness (QED) is 0.558. The summed E-state index contributed by atoms with van der Waals surface area (Å²) in [7, 11) is 0. The van der Waals surface area contributed by atoms with E-state index in [4.69, 9.17) is 0 Å². The molecule has 0 fully saturated rings. The van der Waals surface area contributed by atoms with Crippen LogP contribution in [-0.4, -0.2) is 0 Å². The maximum absolute atomic E-state index is 2.24. The van der Waals surface area contributed by atoms with Gasteiger partial charge in [-0.05, 0) is 62.0 Å². The lowest BCUT2D eigenvalue weighted by molar-refractivity contribution is 1.22. The van der Waals surface area contributed by atoms with E-state index < -0.39 is 0 Å². The predicted octanol–water partition coefficient (Wildman–Crippen LogP) is 6.18. The molecular weight excluding hydrogens is 240 g/mol. The number of hydrogen-bond acceptors (Lipinski definition) is 0. The van der Waals surface area contributed by atoms with Crippen molar-refractivity contribution in [2.75, 3.05) is 0 Å². The Hall–Kier alpha value is -1.82. The zero-order chi connectivity index (χ0) is 15.0. The molecule has 0 aromatic heterocycles. The average Bonchev–Trinajstić information content (AvgIpc) is 2.42. The lowest BCUT2D eigenvalue weighted by Crippen LogP contribution is -1.84. The van der Waals surface area contributed by atoms with Crippen LogP contribution in [0.3, 0.4) is 0 Å². The van der Waals surface area contributed by atoms with Crippen LogP contribution in [-0.2, 0) is 0 Å². The monoisotopic (exact) mass is 266 g/mol. The minimum absolute atomic E-state index is 1.08. The van der Waals surface area contributed by atoms with E-state index in [1.165, 1.54) is 27.8 Å². The van der Waals surface area contributed by atoms with Gasteiger partial charge < -0.3 is 0 Å². The molecule has 0 saturated carbocycles. The van der Waals surface area contributed by atoms with Crippen LogP contribution >= 0.6 is 0 Å². The molecule has 0 saturated heterocycles. The van der Waals surface area contributed by atoms with Gasteiger partial charge in [-0.25, -0.2) is 0 Å². The summed E-state index contributed by atoms with van der Waals surface area (Å²) in [6.07, 6.45) is 13.9. The van der Waals surface area contributed by atoms with Crippen LogP contribution in [0.5, 0.6) is 0 Å². The Kier molecular flexibility index (Phi) is 6.79. The predicted molar refractivity (Wildman–Crippen MR) is 91.9 cm³/mol. The molecule has 0 nitrogen and oxygen atoms in total. The lowest BCUT2D eigenvalue weighted by Gasteiger charge is -2.04. The molecule has 1 aromatic carbocycles. The highest BCUT2D eigenvalue weighted by molar-refractivity contribution is 5.59. The molecular formula is C20H26. The van der Waals surface area contributed by atoms with Crippen molar-refractivity contribution in [3.63, 3.8) is 0 Å². The summed E-state index contributed by atoms with van der Waals surface area (Å²) >= 11 is 0. The third-order valence-corrected chi connectivity index (χ3v) is 3.48. The molecule has 20 heavy (non-hydrogen) atoms. The second kappa shape index (κ2) is 8.37. The van der Waals surface area contributed by atoms with Gasteiger partial charge >= 0.3 is 0 Å². The lowest BCUT2D eigenvalue weighted by atomic mass is 10.0. The molecule has 0 aliphatic carbocycles. The Morgan fingerprint density at radius 1 is 0.950 bits per heavy atom. The highest BCUT2D eigenvalue weighted by Crippen LogP contribution is 2.16. The van der Waals surface area contributed by atoms with Gasteiger partial charge in [0.1, 0.15) is 0 Å². The summed E-state index contributed by atoms with van der Waals surface area (Å²) < 4.78 is 0. The smallest absolute Gasteiger partial charge is 0.0251 e. The van der Waals surface area contributed by atoms with Crippen LogP contribution in [0, 0.1) is 13.8 Å². The normalized spacial score (nSPS) is 13.7. The fraction of sp³-hybridized carbons (Fsp3) is 0.300. The van der Waals surface area contributed by atoms with Gasteiger partial charge in [0.2, 0.25) is 0 Å². The van der Waals surface area contributed by atoms with Gasteiger partial charge in [0.15, 0.2) is 0 Å². The van der Waals surface area contributed by atoms with Crippen molar-refractivity contribution in [1.82, 2.24) is 0 Å². The molecule has 0 amide bonds. The van der Waals surface area contributed by atoms with E-state index >= 15 is 0 Å². The Bertz CT molecular complexity index is 551. The summed E-state index contributed by atoms with van der Waals surface area (Å²) in [5.74, 6) is 0. The summed E-state index contributed by atoms with van der Waals surface area (Å²) in [5.41, 5.74) is 6.56. The molecule has 0 unspecified atom stereocenters. The summed E-state index contributed by atoms with van der Waals surface area (Å²) in [5, 5.41) is 0. The van der Waals surface area contributed by atoms with Crippen LogP contribution in [0.25, 0.3) is 6.08 Å². The van der Waals surface area contributed by atoms with Crippen molar-refractivity contribution in [3.05, 3.63) is 76.4 Å². The van der Waals surface area contributed by atoms with E-state index in [9.17, 15) is 0 Å². The highest BCUT2D eigenvalue weighted by atomic mass is 14.0. The third kappa shape index (κ3) is 5.44. The van der Waals surface area contributed by atoms with Crippen molar-refractivity contribution in [2.45, 2.75) is 41.0 Å². The molecule has 0 N–H and O–H groups in total. The average molecular weight is 266 g/mol. The summed E-state index contributed by atoms with van der Waals surface area (Å²) in [6.45, 7) is 10.8.